The number of thiophene rings is 1. The summed E-state index contributed by atoms with van der Waals surface area (Å²) in [5.41, 5.74) is 0.392. The fraction of sp³-hybridized carbons (Fsp3) is 0.308. The highest BCUT2D eigenvalue weighted by Gasteiger charge is 2.19. The van der Waals surface area contributed by atoms with Gasteiger partial charge in [-0.3, -0.25) is 4.79 Å². The number of aryl methyl sites for hydroxylation is 1. The second-order valence-electron chi connectivity index (χ2n) is 3.96. The van der Waals surface area contributed by atoms with Gasteiger partial charge in [0.05, 0.1) is 12.0 Å². The normalized spacial score (nSPS) is 10.6. The molecular weight excluding hydrogens is 264 g/mol. The Kier molecular flexibility index (Phi) is 3.80. The van der Waals surface area contributed by atoms with Crippen LogP contribution in [0.3, 0.4) is 0 Å². The number of rotatable bonds is 4. The summed E-state index contributed by atoms with van der Waals surface area (Å²) in [6, 6.07) is 0. The van der Waals surface area contributed by atoms with Crippen molar-refractivity contribution in [3.63, 3.8) is 0 Å². The maximum absolute atomic E-state index is 12.0. The van der Waals surface area contributed by atoms with Crippen LogP contribution in [0.4, 0.5) is 0 Å². The topological polar surface area (TPSA) is 72.0 Å². The first-order valence-corrected chi connectivity index (χ1v) is 6.70. The lowest BCUT2D eigenvalue weighted by Gasteiger charge is -1.98. The number of nitrogens with zero attached hydrogens (tertiary/aromatic N) is 1. The van der Waals surface area contributed by atoms with Gasteiger partial charge in [0.15, 0.2) is 0 Å². The number of nitrogens with one attached hydrogen (secondary N) is 1. The van der Waals surface area contributed by atoms with Crippen LogP contribution in [0.15, 0.2) is 17.4 Å². The second kappa shape index (κ2) is 5.36. The number of carbonyl (C=O) groups is 1. The van der Waals surface area contributed by atoms with Crippen molar-refractivity contribution in [2.24, 2.45) is 0 Å². The molecule has 0 aliphatic rings. The SMILES string of the molecule is C=CCc1nc2sc(C(=O)OCC)c(C)c2c(=O)[nH]1. The van der Waals surface area contributed by atoms with Gasteiger partial charge in [0.2, 0.25) is 0 Å². The molecule has 2 aromatic heterocycles. The fourth-order valence-corrected chi connectivity index (χ4v) is 2.91. The number of hydrogen-bond donors (Lipinski definition) is 1. The molecule has 0 bridgehead atoms. The summed E-state index contributed by atoms with van der Waals surface area (Å²) in [6.45, 7) is 7.39. The predicted molar refractivity (Wildman–Crippen MR) is 74.8 cm³/mol. The number of allylic oxidation sites excluding steroid dienone is 1. The summed E-state index contributed by atoms with van der Waals surface area (Å²) in [6.07, 6.45) is 2.15. The van der Waals surface area contributed by atoms with Crippen molar-refractivity contribution in [2.45, 2.75) is 20.3 Å². The monoisotopic (exact) mass is 278 g/mol. The number of ether oxygens (including phenoxy) is 1. The van der Waals surface area contributed by atoms with Gasteiger partial charge in [0.25, 0.3) is 5.56 Å². The number of aromatic amines is 1. The van der Waals surface area contributed by atoms with E-state index in [1.807, 2.05) is 0 Å². The first-order valence-electron chi connectivity index (χ1n) is 5.88. The van der Waals surface area contributed by atoms with E-state index in [4.69, 9.17) is 4.74 Å². The molecular formula is C13H14N2O3S. The lowest BCUT2D eigenvalue weighted by Crippen LogP contribution is -2.11. The van der Waals surface area contributed by atoms with Gasteiger partial charge in [0.1, 0.15) is 15.5 Å². The molecule has 0 atom stereocenters. The first-order chi connectivity index (χ1) is 9.08. The summed E-state index contributed by atoms with van der Waals surface area (Å²) in [5, 5.41) is 0.459. The molecule has 19 heavy (non-hydrogen) atoms. The van der Waals surface area contributed by atoms with Gasteiger partial charge in [0, 0.05) is 6.42 Å². The zero-order chi connectivity index (χ0) is 14.0. The molecule has 2 heterocycles. The smallest absolute Gasteiger partial charge is 0.348 e. The third-order valence-corrected chi connectivity index (χ3v) is 3.81. The van der Waals surface area contributed by atoms with E-state index in [1.165, 1.54) is 11.3 Å². The Morgan fingerprint density at radius 1 is 1.58 bits per heavy atom. The third-order valence-electron chi connectivity index (χ3n) is 2.65. The van der Waals surface area contributed by atoms with Gasteiger partial charge in [-0.15, -0.1) is 17.9 Å². The first kappa shape index (κ1) is 13.5. The van der Waals surface area contributed by atoms with E-state index in [1.54, 1.807) is 19.9 Å². The van der Waals surface area contributed by atoms with Crippen LogP contribution < -0.4 is 5.56 Å². The molecule has 5 nitrogen and oxygen atoms in total. The lowest BCUT2D eigenvalue weighted by molar-refractivity contribution is 0.0531. The number of H-pyrrole nitrogens is 1. The minimum Gasteiger partial charge on any atom is -0.462 e. The zero-order valence-electron chi connectivity index (χ0n) is 10.8. The van der Waals surface area contributed by atoms with Gasteiger partial charge in [-0.1, -0.05) is 6.08 Å². The minimum atomic E-state index is -0.410. The molecule has 100 valence electrons. The lowest BCUT2D eigenvalue weighted by atomic mass is 10.2. The maximum Gasteiger partial charge on any atom is 0.348 e. The molecule has 0 spiro atoms. The summed E-state index contributed by atoms with van der Waals surface area (Å²) in [4.78, 5) is 31.8. The Morgan fingerprint density at radius 3 is 2.95 bits per heavy atom. The van der Waals surface area contributed by atoms with Gasteiger partial charge < -0.3 is 9.72 Å². The summed E-state index contributed by atoms with van der Waals surface area (Å²) >= 11 is 1.19. The number of hydrogen-bond acceptors (Lipinski definition) is 5. The van der Waals surface area contributed by atoms with Crippen molar-refractivity contribution in [1.29, 1.82) is 0 Å². The van der Waals surface area contributed by atoms with E-state index in [9.17, 15) is 9.59 Å². The second-order valence-corrected chi connectivity index (χ2v) is 4.96. The van der Waals surface area contributed by atoms with Crippen LogP contribution >= 0.6 is 11.3 Å². The molecule has 2 aromatic rings. The van der Waals surface area contributed by atoms with E-state index in [0.29, 0.717) is 39.5 Å². The van der Waals surface area contributed by atoms with Gasteiger partial charge in [-0.25, -0.2) is 9.78 Å². The average Bonchev–Trinajstić information content (AvgIpc) is 2.68. The quantitative estimate of drug-likeness (QED) is 0.687. The predicted octanol–water partition coefficient (Wildman–Crippen LogP) is 2.20. The number of esters is 1. The summed E-state index contributed by atoms with van der Waals surface area (Å²) in [5.74, 6) is 0.136. The highest BCUT2D eigenvalue weighted by atomic mass is 32.1. The van der Waals surface area contributed by atoms with Gasteiger partial charge in [-0.2, -0.15) is 0 Å². The van der Waals surface area contributed by atoms with E-state index in [0.717, 1.165) is 0 Å². The Morgan fingerprint density at radius 2 is 2.32 bits per heavy atom. The van der Waals surface area contributed by atoms with Crippen LogP contribution in [0.25, 0.3) is 10.2 Å². The highest BCUT2D eigenvalue weighted by Crippen LogP contribution is 2.27. The van der Waals surface area contributed by atoms with Gasteiger partial charge in [-0.05, 0) is 19.4 Å². The number of fused-ring (bicyclic) bond motifs is 1. The number of aromatic nitrogens is 2. The van der Waals surface area contributed by atoms with Gasteiger partial charge >= 0.3 is 5.97 Å². The van der Waals surface area contributed by atoms with E-state index >= 15 is 0 Å². The van der Waals surface area contributed by atoms with Crippen molar-refractivity contribution in [1.82, 2.24) is 9.97 Å². The van der Waals surface area contributed by atoms with E-state index in [2.05, 4.69) is 16.5 Å². The van der Waals surface area contributed by atoms with Crippen LogP contribution in [-0.4, -0.2) is 22.5 Å². The minimum absolute atomic E-state index is 0.230. The maximum atomic E-state index is 12.0. The molecule has 0 aromatic carbocycles. The molecule has 0 amide bonds. The zero-order valence-corrected chi connectivity index (χ0v) is 11.6. The third kappa shape index (κ3) is 2.44. The van der Waals surface area contributed by atoms with E-state index < -0.39 is 5.97 Å². The fourth-order valence-electron chi connectivity index (χ4n) is 1.81. The largest absolute Gasteiger partial charge is 0.462 e. The molecule has 0 saturated carbocycles. The average molecular weight is 278 g/mol. The molecule has 1 N–H and O–H groups in total. The Bertz CT molecular complexity index is 700. The van der Waals surface area contributed by atoms with Crippen LogP contribution in [0.2, 0.25) is 0 Å². The van der Waals surface area contributed by atoms with Crippen LogP contribution in [0.1, 0.15) is 28.0 Å². The van der Waals surface area contributed by atoms with Crippen LogP contribution in [0, 0.1) is 6.92 Å². The highest BCUT2D eigenvalue weighted by molar-refractivity contribution is 7.20. The van der Waals surface area contributed by atoms with Crippen molar-refractivity contribution in [3.05, 3.63) is 39.3 Å². The van der Waals surface area contributed by atoms with Crippen molar-refractivity contribution in [3.8, 4) is 0 Å². The molecule has 0 aliphatic heterocycles. The van der Waals surface area contributed by atoms with E-state index in [-0.39, 0.29) is 5.56 Å². The number of carbonyl (C=O) groups excluding carboxylic acids is 1. The molecule has 0 fully saturated rings. The van der Waals surface area contributed by atoms with Crippen molar-refractivity contribution >= 4 is 27.5 Å². The Hall–Kier alpha value is -1.95. The molecule has 6 heteroatoms. The Labute approximate surface area is 113 Å². The molecule has 0 saturated heterocycles. The summed E-state index contributed by atoms with van der Waals surface area (Å²) < 4.78 is 4.97. The molecule has 2 rings (SSSR count). The van der Waals surface area contributed by atoms with Crippen molar-refractivity contribution in [2.75, 3.05) is 6.61 Å². The summed E-state index contributed by atoms with van der Waals surface area (Å²) in [7, 11) is 0. The molecule has 0 radical (unpaired) electrons. The molecule has 0 aliphatic carbocycles. The van der Waals surface area contributed by atoms with Crippen molar-refractivity contribution < 1.29 is 9.53 Å². The van der Waals surface area contributed by atoms with Crippen LogP contribution in [0.5, 0.6) is 0 Å². The Balaban J connectivity index is 2.62. The van der Waals surface area contributed by atoms with Crippen LogP contribution in [-0.2, 0) is 11.2 Å². The molecule has 0 unspecified atom stereocenters. The standard InChI is InChI=1S/C13H14N2O3S/c1-4-6-8-14-11(16)9-7(3)10(13(17)18-5-2)19-12(9)15-8/h4H,1,5-6H2,2-3H3,(H,14,15,16).